The first-order chi connectivity index (χ1) is 13.0. The molecule has 1 fully saturated rings. The number of nitrogens with zero attached hydrogens (tertiary/aromatic N) is 4. The molecule has 142 valence electrons. The molecule has 2 aromatic rings. The van der Waals surface area contributed by atoms with Gasteiger partial charge in [-0.2, -0.15) is 0 Å². The van der Waals surface area contributed by atoms with Crippen molar-refractivity contribution in [1.29, 1.82) is 0 Å². The summed E-state index contributed by atoms with van der Waals surface area (Å²) >= 11 is 3.39. The van der Waals surface area contributed by atoms with E-state index in [9.17, 15) is 0 Å². The molecule has 0 amide bonds. The number of piperazine rings is 1. The van der Waals surface area contributed by atoms with E-state index in [0.717, 1.165) is 48.9 Å². The zero-order valence-corrected chi connectivity index (χ0v) is 17.3. The third-order valence-electron chi connectivity index (χ3n) is 4.59. The Morgan fingerprint density at radius 1 is 1.30 bits per heavy atom. The maximum atomic E-state index is 5.59. The van der Waals surface area contributed by atoms with Crippen molar-refractivity contribution >= 4 is 43.8 Å². The molecule has 27 heavy (non-hydrogen) atoms. The van der Waals surface area contributed by atoms with Gasteiger partial charge in [0.2, 0.25) is 5.95 Å². The minimum atomic E-state index is 0.474. The second-order valence-corrected chi connectivity index (χ2v) is 7.36. The summed E-state index contributed by atoms with van der Waals surface area (Å²) in [6.45, 7) is 11.8. The fourth-order valence-corrected chi connectivity index (χ4v) is 3.30. The van der Waals surface area contributed by atoms with Gasteiger partial charge in [0.15, 0.2) is 0 Å². The fraction of sp³-hybridized carbons (Fsp3) is 0.300. The molecule has 1 aromatic heterocycles. The maximum absolute atomic E-state index is 5.59. The summed E-state index contributed by atoms with van der Waals surface area (Å²) < 4.78 is 6.28. The first kappa shape index (κ1) is 19.4. The van der Waals surface area contributed by atoms with Crippen molar-refractivity contribution in [3.63, 3.8) is 0 Å². The first-order valence-corrected chi connectivity index (χ1v) is 9.54. The quantitative estimate of drug-likeness (QED) is 0.748. The highest BCUT2D eigenvalue weighted by Crippen LogP contribution is 2.32. The molecule has 1 saturated heterocycles. The molecule has 0 bridgehead atoms. The van der Waals surface area contributed by atoms with Crippen LogP contribution in [0.2, 0.25) is 0 Å². The van der Waals surface area contributed by atoms with Gasteiger partial charge in [-0.25, -0.2) is 9.97 Å². The van der Waals surface area contributed by atoms with Crippen molar-refractivity contribution in [2.24, 2.45) is 0 Å². The van der Waals surface area contributed by atoms with E-state index in [2.05, 4.69) is 73.4 Å². The Morgan fingerprint density at radius 3 is 2.67 bits per heavy atom. The van der Waals surface area contributed by atoms with Crippen LogP contribution in [0.1, 0.15) is 11.3 Å². The molecule has 1 N–H and O–H groups in total. The number of likely N-dealkylation sites (N-methyl/N-ethyl adjacent to an activating group) is 1. The summed E-state index contributed by atoms with van der Waals surface area (Å²) in [5, 5.41) is 3.24. The Labute approximate surface area is 168 Å². The van der Waals surface area contributed by atoms with Gasteiger partial charge in [-0.15, -0.1) is 0 Å². The van der Waals surface area contributed by atoms with Crippen LogP contribution < -0.4 is 15.0 Å². The lowest BCUT2D eigenvalue weighted by Gasteiger charge is -2.34. The van der Waals surface area contributed by atoms with Crippen LogP contribution >= 0.6 is 15.9 Å². The van der Waals surface area contributed by atoms with E-state index >= 15 is 0 Å². The van der Waals surface area contributed by atoms with E-state index in [1.807, 2.05) is 6.07 Å². The van der Waals surface area contributed by atoms with Gasteiger partial charge in [0.1, 0.15) is 5.75 Å². The summed E-state index contributed by atoms with van der Waals surface area (Å²) in [7, 11) is 3.82. The fourth-order valence-electron chi connectivity index (χ4n) is 2.98. The van der Waals surface area contributed by atoms with E-state index in [4.69, 9.17) is 4.74 Å². The van der Waals surface area contributed by atoms with Gasteiger partial charge < -0.3 is 19.9 Å². The molecule has 0 aliphatic carbocycles. The smallest absolute Gasteiger partial charge is 0.227 e. The molecule has 0 saturated carbocycles. The van der Waals surface area contributed by atoms with Crippen molar-refractivity contribution in [2.45, 2.75) is 0 Å². The van der Waals surface area contributed by atoms with Gasteiger partial charge in [-0.1, -0.05) is 19.2 Å². The highest BCUT2D eigenvalue weighted by atomic mass is 79.9. The average molecular weight is 430 g/mol. The highest BCUT2D eigenvalue weighted by molar-refractivity contribution is 9.15. The second kappa shape index (κ2) is 8.54. The lowest BCUT2D eigenvalue weighted by molar-refractivity contribution is 0.312. The monoisotopic (exact) mass is 429 g/mol. The Hall–Kier alpha value is -2.38. The van der Waals surface area contributed by atoms with Crippen LogP contribution in [-0.2, 0) is 0 Å². The summed E-state index contributed by atoms with van der Waals surface area (Å²) in [5.74, 6) is 1.23. The van der Waals surface area contributed by atoms with E-state index in [1.165, 1.54) is 0 Å². The summed E-state index contributed by atoms with van der Waals surface area (Å²) in [4.78, 5) is 13.6. The SMILES string of the molecule is C=Cc1cnc(Nc2ccc(N3CCN(C)CC3)cc2OC)nc1C(=C)Br. The summed E-state index contributed by atoms with van der Waals surface area (Å²) in [6.07, 6.45) is 3.42. The van der Waals surface area contributed by atoms with E-state index in [0.29, 0.717) is 16.1 Å². The Kier molecular flexibility index (Phi) is 6.13. The summed E-state index contributed by atoms with van der Waals surface area (Å²) in [6, 6.07) is 6.15. The zero-order chi connectivity index (χ0) is 19.4. The Bertz CT molecular complexity index is 846. The number of nitrogens with one attached hydrogen (secondary N) is 1. The van der Waals surface area contributed by atoms with Crippen LogP contribution in [0, 0.1) is 0 Å². The molecule has 0 spiro atoms. The van der Waals surface area contributed by atoms with Crippen molar-refractivity contribution in [3.05, 3.63) is 48.8 Å². The minimum Gasteiger partial charge on any atom is -0.494 e. The number of hydrogen-bond acceptors (Lipinski definition) is 6. The molecule has 0 radical (unpaired) electrons. The maximum Gasteiger partial charge on any atom is 0.227 e. The van der Waals surface area contributed by atoms with Gasteiger partial charge in [-0.3, -0.25) is 0 Å². The molecule has 6 nitrogen and oxygen atoms in total. The van der Waals surface area contributed by atoms with E-state index in [1.54, 1.807) is 19.4 Å². The van der Waals surface area contributed by atoms with E-state index < -0.39 is 0 Å². The van der Waals surface area contributed by atoms with Crippen LogP contribution in [0.15, 0.2) is 37.6 Å². The van der Waals surface area contributed by atoms with Crippen LogP contribution in [-0.4, -0.2) is 55.2 Å². The number of anilines is 3. The molecule has 7 heteroatoms. The van der Waals surface area contributed by atoms with Crippen LogP contribution in [0.3, 0.4) is 0 Å². The number of hydrogen-bond donors (Lipinski definition) is 1. The molecule has 1 aliphatic rings. The molecular weight excluding hydrogens is 406 g/mol. The molecular formula is C20H24BrN5O. The normalized spacial score (nSPS) is 14.7. The number of methoxy groups -OCH3 is 1. The van der Waals surface area contributed by atoms with Crippen molar-refractivity contribution in [2.75, 3.05) is 50.6 Å². The van der Waals surface area contributed by atoms with Crippen LogP contribution in [0.4, 0.5) is 17.3 Å². The van der Waals surface area contributed by atoms with Crippen molar-refractivity contribution in [3.8, 4) is 5.75 Å². The predicted molar refractivity (Wildman–Crippen MR) is 116 cm³/mol. The zero-order valence-electron chi connectivity index (χ0n) is 15.7. The number of aromatic nitrogens is 2. The second-order valence-electron chi connectivity index (χ2n) is 6.41. The third kappa shape index (κ3) is 4.48. The molecule has 2 heterocycles. The number of benzene rings is 1. The third-order valence-corrected chi connectivity index (χ3v) is 4.97. The van der Waals surface area contributed by atoms with Gasteiger partial charge in [0.05, 0.1) is 18.5 Å². The Balaban J connectivity index is 1.84. The largest absolute Gasteiger partial charge is 0.494 e. The molecule has 0 atom stereocenters. The van der Waals surface area contributed by atoms with Crippen LogP contribution in [0.25, 0.3) is 10.6 Å². The molecule has 1 aliphatic heterocycles. The van der Waals surface area contributed by atoms with E-state index in [-0.39, 0.29) is 0 Å². The van der Waals surface area contributed by atoms with Gasteiger partial charge in [0.25, 0.3) is 0 Å². The highest BCUT2D eigenvalue weighted by Gasteiger charge is 2.16. The average Bonchev–Trinajstić information content (AvgIpc) is 2.68. The van der Waals surface area contributed by atoms with Gasteiger partial charge >= 0.3 is 0 Å². The van der Waals surface area contributed by atoms with Crippen molar-refractivity contribution < 1.29 is 4.74 Å². The van der Waals surface area contributed by atoms with Gasteiger partial charge in [-0.05, 0) is 35.1 Å². The lowest BCUT2D eigenvalue weighted by Crippen LogP contribution is -2.44. The van der Waals surface area contributed by atoms with Gasteiger partial charge in [0, 0.05) is 54.2 Å². The number of ether oxygens (including phenoxy) is 1. The van der Waals surface area contributed by atoms with Crippen LogP contribution in [0.5, 0.6) is 5.75 Å². The topological polar surface area (TPSA) is 53.5 Å². The minimum absolute atomic E-state index is 0.474. The Morgan fingerprint density at radius 2 is 2.04 bits per heavy atom. The molecule has 0 unspecified atom stereocenters. The predicted octanol–water partition coefficient (Wildman–Crippen LogP) is 3.99. The molecule has 1 aromatic carbocycles. The standard InChI is InChI=1S/C20H24BrN5O/c1-5-15-13-22-20(24-19(15)14(2)21)23-17-7-6-16(12-18(17)27-4)26-10-8-25(3)9-11-26/h5-7,12-13H,1-2,8-11H2,3-4H3,(H,22,23,24). The number of halogens is 1. The first-order valence-electron chi connectivity index (χ1n) is 8.74. The van der Waals surface area contributed by atoms with Crippen molar-refractivity contribution in [1.82, 2.24) is 14.9 Å². The summed E-state index contributed by atoms with van der Waals surface area (Å²) in [5.41, 5.74) is 3.49. The molecule has 3 rings (SSSR count). The number of rotatable bonds is 6. The lowest BCUT2D eigenvalue weighted by atomic mass is 10.2.